The van der Waals surface area contributed by atoms with Crippen molar-refractivity contribution in [1.29, 1.82) is 5.26 Å². The number of nitrogens with zero attached hydrogens (tertiary/aromatic N) is 4. The van der Waals surface area contributed by atoms with Gasteiger partial charge in [0.15, 0.2) is 5.16 Å². The van der Waals surface area contributed by atoms with Crippen LogP contribution in [0.5, 0.6) is 0 Å². The normalized spacial score (nSPS) is 21.4. The Morgan fingerprint density at radius 3 is 2.71 bits per heavy atom. The van der Waals surface area contributed by atoms with Crippen LogP contribution in [0.2, 0.25) is 0 Å². The van der Waals surface area contributed by atoms with E-state index in [9.17, 15) is 8.42 Å². The third-order valence-corrected chi connectivity index (χ3v) is 9.71. The zero-order valence-corrected chi connectivity index (χ0v) is 21.5. The van der Waals surface area contributed by atoms with Crippen molar-refractivity contribution in [2.45, 2.75) is 61.1 Å². The molecule has 0 radical (unpaired) electrons. The van der Waals surface area contributed by atoms with Crippen molar-refractivity contribution in [2.24, 2.45) is 5.92 Å². The summed E-state index contributed by atoms with van der Waals surface area (Å²) in [5, 5.41) is 9.89. The molecule has 35 heavy (non-hydrogen) atoms. The molecule has 2 aliphatic heterocycles. The lowest BCUT2D eigenvalue weighted by atomic mass is 10.0. The number of piperidine rings is 1. The van der Waals surface area contributed by atoms with Crippen LogP contribution in [0.1, 0.15) is 43.7 Å². The fraction of sp³-hybridized carbons (Fsp3) is 0.462. The van der Waals surface area contributed by atoms with E-state index in [2.05, 4.69) is 17.6 Å². The Morgan fingerprint density at radius 1 is 1.17 bits per heavy atom. The van der Waals surface area contributed by atoms with E-state index in [1.807, 2.05) is 30.3 Å². The van der Waals surface area contributed by atoms with Gasteiger partial charge in [0.1, 0.15) is 0 Å². The molecule has 0 N–H and O–H groups in total. The number of hydrogen-bond donors (Lipinski definition) is 0. The lowest BCUT2D eigenvalue weighted by molar-refractivity contribution is 0.0960. The van der Waals surface area contributed by atoms with E-state index in [0.29, 0.717) is 47.3 Å². The van der Waals surface area contributed by atoms with Crippen LogP contribution in [0.4, 0.5) is 0 Å². The highest BCUT2D eigenvalue weighted by Gasteiger charge is 2.29. The van der Waals surface area contributed by atoms with Crippen molar-refractivity contribution in [3.05, 3.63) is 53.6 Å². The molecule has 3 heterocycles. The minimum atomic E-state index is -3.55. The first-order valence-electron chi connectivity index (χ1n) is 12.2. The second-order valence-corrected chi connectivity index (χ2v) is 12.4. The molecule has 2 atom stereocenters. The van der Waals surface area contributed by atoms with Crippen molar-refractivity contribution in [3.8, 4) is 6.07 Å². The van der Waals surface area contributed by atoms with E-state index in [1.54, 1.807) is 28.2 Å². The Kier molecular flexibility index (Phi) is 7.17. The zero-order valence-electron chi connectivity index (χ0n) is 19.9. The van der Waals surface area contributed by atoms with Gasteiger partial charge in [-0.25, -0.2) is 13.4 Å². The highest BCUT2D eigenvalue weighted by Crippen LogP contribution is 2.31. The maximum absolute atomic E-state index is 13.4. The molecule has 9 heteroatoms. The molecule has 184 valence electrons. The third-order valence-electron chi connectivity index (χ3n) is 6.80. The summed E-state index contributed by atoms with van der Waals surface area (Å²) in [6.07, 6.45) is 4.17. The molecule has 0 saturated carbocycles. The molecule has 0 unspecified atom stereocenters. The Morgan fingerprint density at radius 2 is 2.00 bits per heavy atom. The first-order valence-corrected chi connectivity index (χ1v) is 14.6. The van der Waals surface area contributed by atoms with E-state index in [0.717, 1.165) is 48.5 Å². The number of hydrogen-bond acceptors (Lipinski definition) is 6. The predicted molar refractivity (Wildman–Crippen MR) is 137 cm³/mol. The van der Waals surface area contributed by atoms with Crippen molar-refractivity contribution >= 4 is 32.8 Å². The van der Waals surface area contributed by atoms with Gasteiger partial charge in [0, 0.05) is 25.4 Å². The molecule has 2 saturated heterocycles. The summed E-state index contributed by atoms with van der Waals surface area (Å²) >= 11 is 1.62. The van der Waals surface area contributed by atoms with Crippen LogP contribution in [-0.2, 0) is 27.1 Å². The Bertz CT molecular complexity index is 1340. The summed E-state index contributed by atoms with van der Waals surface area (Å²) in [5.41, 5.74) is 3.36. The molecule has 2 aromatic carbocycles. The molecule has 7 nitrogen and oxygen atoms in total. The highest BCUT2D eigenvalue weighted by atomic mass is 32.2. The third kappa shape index (κ3) is 5.26. The first-order chi connectivity index (χ1) is 16.9. The summed E-state index contributed by atoms with van der Waals surface area (Å²) in [7, 11) is -3.55. The number of fused-ring (bicyclic) bond motifs is 1. The van der Waals surface area contributed by atoms with E-state index in [1.165, 1.54) is 0 Å². The van der Waals surface area contributed by atoms with Gasteiger partial charge in [0.2, 0.25) is 10.0 Å². The second kappa shape index (κ2) is 10.3. The van der Waals surface area contributed by atoms with Crippen molar-refractivity contribution in [2.75, 3.05) is 19.7 Å². The van der Waals surface area contributed by atoms with E-state index < -0.39 is 10.0 Å². The van der Waals surface area contributed by atoms with Crippen LogP contribution < -0.4 is 0 Å². The van der Waals surface area contributed by atoms with Crippen LogP contribution in [0.25, 0.3) is 11.0 Å². The van der Waals surface area contributed by atoms with E-state index in [4.69, 9.17) is 15.0 Å². The number of benzene rings is 2. The predicted octanol–water partition coefficient (Wildman–Crippen LogP) is 4.80. The smallest absolute Gasteiger partial charge is 0.243 e. The maximum Gasteiger partial charge on any atom is 0.243 e. The van der Waals surface area contributed by atoms with E-state index in [-0.39, 0.29) is 6.10 Å². The van der Waals surface area contributed by atoms with Gasteiger partial charge in [0.05, 0.1) is 40.2 Å². The monoisotopic (exact) mass is 510 g/mol. The second-order valence-electron chi connectivity index (χ2n) is 9.50. The van der Waals surface area contributed by atoms with Gasteiger partial charge >= 0.3 is 0 Å². The average molecular weight is 511 g/mol. The topological polar surface area (TPSA) is 88.2 Å². The van der Waals surface area contributed by atoms with Gasteiger partial charge in [0.25, 0.3) is 0 Å². The molecule has 0 bridgehead atoms. The Labute approximate surface area is 211 Å². The quantitative estimate of drug-likeness (QED) is 0.424. The van der Waals surface area contributed by atoms with Crippen LogP contribution in [0, 0.1) is 17.2 Å². The number of aromatic nitrogens is 2. The van der Waals surface area contributed by atoms with Gasteiger partial charge in [-0.05, 0) is 67.5 Å². The molecular weight excluding hydrogens is 480 g/mol. The van der Waals surface area contributed by atoms with Crippen LogP contribution in [0.15, 0.2) is 52.5 Å². The molecule has 0 spiro atoms. The number of ether oxygens (including phenoxy) is 1. The maximum atomic E-state index is 13.4. The number of imidazole rings is 1. The highest BCUT2D eigenvalue weighted by molar-refractivity contribution is 7.98. The lowest BCUT2D eigenvalue weighted by Gasteiger charge is -2.30. The molecule has 1 aromatic heterocycles. The summed E-state index contributed by atoms with van der Waals surface area (Å²) in [6, 6.07) is 15.1. The number of rotatable bonds is 7. The standard InChI is InChI=1S/C26H30N4O3S2/c1-19-4-2-12-29(16-19)35(31,32)23-10-11-25-24(14-23)28-26(30(25)17-22-5-3-13-33-22)34-18-21-8-6-20(15-27)7-9-21/h6-11,14,19,22H,2-5,12-13,16-18H2,1H3/t19-,22+/m0/s1. The number of thioether (sulfide) groups is 1. The SMILES string of the molecule is C[C@H]1CCCN(S(=O)(=O)c2ccc3c(c2)nc(SCc2ccc(C#N)cc2)n3C[C@H]2CCCO2)C1. The summed E-state index contributed by atoms with van der Waals surface area (Å²) in [5.74, 6) is 1.08. The Balaban J connectivity index is 1.45. The molecule has 2 aliphatic rings. The Hall–Kier alpha value is -2.38. The van der Waals surface area contributed by atoms with Crippen molar-refractivity contribution in [3.63, 3.8) is 0 Å². The lowest BCUT2D eigenvalue weighted by Crippen LogP contribution is -2.39. The van der Waals surface area contributed by atoms with Crippen LogP contribution >= 0.6 is 11.8 Å². The molecule has 0 aliphatic carbocycles. The fourth-order valence-corrected chi connectivity index (χ4v) is 7.46. The average Bonchev–Trinajstić information content (AvgIpc) is 3.51. The summed E-state index contributed by atoms with van der Waals surface area (Å²) in [4.78, 5) is 5.18. The molecule has 5 rings (SSSR count). The first kappa shape index (κ1) is 24.3. The molecular formula is C26H30N4O3S2. The molecule has 2 fully saturated rings. The zero-order chi connectivity index (χ0) is 24.4. The number of sulfonamides is 1. The van der Waals surface area contributed by atoms with Crippen LogP contribution in [0.3, 0.4) is 0 Å². The van der Waals surface area contributed by atoms with E-state index >= 15 is 0 Å². The van der Waals surface area contributed by atoms with Gasteiger partial charge in [-0.3, -0.25) is 0 Å². The summed E-state index contributed by atoms with van der Waals surface area (Å²) in [6.45, 7) is 4.72. The minimum absolute atomic E-state index is 0.139. The number of nitriles is 1. The van der Waals surface area contributed by atoms with Gasteiger partial charge < -0.3 is 9.30 Å². The van der Waals surface area contributed by atoms with Crippen molar-refractivity contribution in [1.82, 2.24) is 13.9 Å². The summed E-state index contributed by atoms with van der Waals surface area (Å²) < 4.78 is 36.4. The minimum Gasteiger partial charge on any atom is -0.376 e. The van der Waals surface area contributed by atoms with Gasteiger partial charge in [-0.2, -0.15) is 9.57 Å². The largest absolute Gasteiger partial charge is 0.376 e. The van der Waals surface area contributed by atoms with Gasteiger partial charge in [-0.1, -0.05) is 30.8 Å². The van der Waals surface area contributed by atoms with Gasteiger partial charge in [-0.15, -0.1) is 0 Å². The van der Waals surface area contributed by atoms with Crippen LogP contribution in [-0.4, -0.2) is 48.1 Å². The van der Waals surface area contributed by atoms with Crippen molar-refractivity contribution < 1.29 is 13.2 Å². The molecule has 0 amide bonds. The fourth-order valence-electron chi connectivity index (χ4n) is 4.86. The molecule has 3 aromatic rings.